The van der Waals surface area contributed by atoms with E-state index in [1.807, 2.05) is 54.6 Å². The van der Waals surface area contributed by atoms with Crippen molar-refractivity contribution in [2.75, 3.05) is 0 Å². The lowest BCUT2D eigenvalue weighted by Crippen LogP contribution is -2.20. The topological polar surface area (TPSA) is 13.1 Å². The third kappa shape index (κ3) is 3.69. The molecular formula is C27H21N3. The molecule has 0 saturated heterocycles. The van der Waals surface area contributed by atoms with Crippen molar-refractivity contribution in [2.45, 2.75) is 37.0 Å². The summed E-state index contributed by atoms with van der Waals surface area (Å²) < 4.78 is 0. The molecule has 3 nitrogen and oxygen atoms in total. The Labute approximate surface area is 178 Å². The van der Waals surface area contributed by atoms with E-state index in [0.717, 1.165) is 36.0 Å². The minimum atomic E-state index is 0.219. The van der Waals surface area contributed by atoms with E-state index in [0.29, 0.717) is 17.1 Å². The average molecular weight is 387 g/mol. The summed E-state index contributed by atoms with van der Waals surface area (Å²) in [5.41, 5.74) is 5.38. The maximum atomic E-state index is 7.61. The first-order valence-corrected chi connectivity index (χ1v) is 10.1. The molecule has 0 N–H and O–H groups in total. The van der Waals surface area contributed by atoms with E-state index in [1.165, 1.54) is 0 Å². The molecular weight excluding hydrogens is 366 g/mol. The molecule has 3 heteroatoms. The van der Waals surface area contributed by atoms with Gasteiger partial charge in [0, 0.05) is 0 Å². The first-order chi connectivity index (χ1) is 14.7. The summed E-state index contributed by atoms with van der Waals surface area (Å²) in [7, 11) is 0. The van der Waals surface area contributed by atoms with Gasteiger partial charge in [-0.05, 0) is 53.7 Å². The highest BCUT2D eigenvalue weighted by molar-refractivity contribution is 5.58. The van der Waals surface area contributed by atoms with Crippen LogP contribution in [0, 0.1) is 19.7 Å². The van der Waals surface area contributed by atoms with Gasteiger partial charge in [0.2, 0.25) is 0 Å². The molecule has 144 valence electrons. The van der Waals surface area contributed by atoms with Crippen LogP contribution in [-0.4, -0.2) is 0 Å². The molecule has 0 bridgehead atoms. The Bertz CT molecular complexity index is 1030. The lowest BCUT2D eigenvalue weighted by Gasteiger charge is -2.37. The smallest absolute Gasteiger partial charge is 0.190 e. The summed E-state index contributed by atoms with van der Waals surface area (Å²) in [6.45, 7) is 22.8. The first-order valence-electron chi connectivity index (χ1n) is 10.1. The predicted molar refractivity (Wildman–Crippen MR) is 120 cm³/mol. The van der Waals surface area contributed by atoms with Crippen LogP contribution in [0.2, 0.25) is 0 Å². The number of para-hydroxylation sites is 3. The van der Waals surface area contributed by atoms with Crippen LogP contribution >= 0.6 is 0 Å². The zero-order valence-electron chi connectivity index (χ0n) is 16.6. The highest BCUT2D eigenvalue weighted by atomic mass is 14.7. The fraction of sp³-hybridized carbons (Fsp3) is 0.222. The maximum absolute atomic E-state index is 7.61. The Hall–Kier alpha value is -3.87. The van der Waals surface area contributed by atoms with E-state index in [1.54, 1.807) is 0 Å². The lowest BCUT2D eigenvalue weighted by molar-refractivity contribution is 0.353. The quantitative estimate of drug-likeness (QED) is 0.402. The van der Waals surface area contributed by atoms with Gasteiger partial charge in [-0.15, -0.1) is 0 Å². The Morgan fingerprint density at radius 1 is 0.467 bits per heavy atom. The second kappa shape index (κ2) is 8.65. The van der Waals surface area contributed by atoms with Crippen molar-refractivity contribution in [2.24, 2.45) is 0 Å². The second-order valence-corrected chi connectivity index (χ2v) is 7.81. The zero-order chi connectivity index (χ0) is 20.9. The second-order valence-electron chi connectivity index (χ2n) is 7.81. The summed E-state index contributed by atoms with van der Waals surface area (Å²) in [4.78, 5) is 11.3. The third-order valence-electron chi connectivity index (χ3n) is 6.20. The minimum absolute atomic E-state index is 0.219. The van der Waals surface area contributed by atoms with Gasteiger partial charge in [-0.2, -0.15) is 0 Å². The van der Waals surface area contributed by atoms with Gasteiger partial charge >= 0.3 is 0 Å². The van der Waals surface area contributed by atoms with E-state index in [-0.39, 0.29) is 17.8 Å². The van der Waals surface area contributed by atoms with Crippen molar-refractivity contribution in [1.29, 1.82) is 0 Å². The minimum Gasteiger partial charge on any atom is -0.238 e. The van der Waals surface area contributed by atoms with Crippen LogP contribution in [0.5, 0.6) is 0 Å². The Morgan fingerprint density at radius 3 is 1.00 bits per heavy atom. The number of hydrogen-bond acceptors (Lipinski definition) is 0. The predicted octanol–water partition coefficient (Wildman–Crippen LogP) is 8.17. The Balaban J connectivity index is 1.80. The molecule has 1 aliphatic rings. The van der Waals surface area contributed by atoms with E-state index in [4.69, 9.17) is 19.7 Å². The molecule has 3 aromatic carbocycles. The molecule has 3 aromatic rings. The number of hydrogen-bond donors (Lipinski definition) is 0. The highest BCUT2D eigenvalue weighted by Crippen LogP contribution is 2.52. The van der Waals surface area contributed by atoms with Gasteiger partial charge in [-0.25, -0.2) is 14.5 Å². The molecule has 0 atom stereocenters. The van der Waals surface area contributed by atoms with Gasteiger partial charge in [-0.3, -0.25) is 0 Å². The van der Waals surface area contributed by atoms with Crippen LogP contribution in [0.4, 0.5) is 17.1 Å². The summed E-state index contributed by atoms with van der Waals surface area (Å²) in [5, 5.41) is 0. The van der Waals surface area contributed by atoms with E-state index in [2.05, 4.69) is 32.7 Å². The van der Waals surface area contributed by atoms with Gasteiger partial charge in [0.25, 0.3) is 0 Å². The van der Waals surface area contributed by atoms with Crippen LogP contribution in [0.1, 0.15) is 53.7 Å². The van der Waals surface area contributed by atoms with Crippen LogP contribution in [-0.2, 0) is 0 Å². The van der Waals surface area contributed by atoms with Gasteiger partial charge in [-0.1, -0.05) is 72.8 Å². The molecule has 0 spiro atoms. The maximum Gasteiger partial charge on any atom is 0.190 e. The molecule has 0 heterocycles. The van der Waals surface area contributed by atoms with E-state index >= 15 is 0 Å². The van der Waals surface area contributed by atoms with Crippen molar-refractivity contribution in [3.8, 4) is 0 Å². The van der Waals surface area contributed by atoms with Crippen molar-refractivity contribution >= 4 is 17.1 Å². The van der Waals surface area contributed by atoms with Crippen LogP contribution < -0.4 is 0 Å². The molecule has 1 aliphatic carbocycles. The summed E-state index contributed by atoms with van der Waals surface area (Å²) in [5.74, 6) is 0.657. The van der Waals surface area contributed by atoms with Crippen molar-refractivity contribution in [1.82, 2.24) is 0 Å². The van der Waals surface area contributed by atoms with Gasteiger partial charge in [0.1, 0.15) is 0 Å². The van der Waals surface area contributed by atoms with Gasteiger partial charge in [0.05, 0.1) is 19.7 Å². The van der Waals surface area contributed by atoms with E-state index < -0.39 is 0 Å². The summed E-state index contributed by atoms with van der Waals surface area (Å²) >= 11 is 0. The molecule has 0 aliphatic heterocycles. The van der Waals surface area contributed by atoms with Crippen LogP contribution in [0.3, 0.4) is 0 Å². The van der Waals surface area contributed by atoms with Crippen molar-refractivity contribution in [3.05, 3.63) is 124 Å². The molecule has 1 fully saturated rings. The monoisotopic (exact) mass is 387 g/mol. The molecule has 30 heavy (non-hydrogen) atoms. The number of rotatable bonds is 3. The molecule has 4 rings (SSSR count). The molecule has 0 amide bonds. The zero-order valence-corrected chi connectivity index (χ0v) is 16.6. The van der Waals surface area contributed by atoms with Crippen molar-refractivity contribution < 1.29 is 0 Å². The molecule has 0 unspecified atom stereocenters. The first kappa shape index (κ1) is 19.4. The third-order valence-corrected chi connectivity index (χ3v) is 6.20. The Morgan fingerprint density at radius 2 is 0.733 bits per heavy atom. The number of benzene rings is 3. The van der Waals surface area contributed by atoms with E-state index in [9.17, 15) is 0 Å². The largest absolute Gasteiger partial charge is 0.238 e. The Kier molecular flexibility index (Phi) is 5.61. The summed E-state index contributed by atoms with van der Waals surface area (Å²) in [6.07, 6.45) is 2.74. The fourth-order valence-corrected chi connectivity index (χ4v) is 4.88. The standard InChI is InChI=1S/C27H21N3/c1-28-25-13-7-4-10-22(25)19-16-20(23-11-5-8-14-26(23)29-2)18-21(17-19)24-12-6-9-15-27(24)30-3/h4-15,19-21H,16-18H2. The highest BCUT2D eigenvalue weighted by Gasteiger charge is 2.33. The average Bonchev–Trinajstić information content (AvgIpc) is 2.83. The van der Waals surface area contributed by atoms with Crippen LogP contribution in [0.25, 0.3) is 14.5 Å². The fourth-order valence-electron chi connectivity index (χ4n) is 4.88. The number of nitrogens with zero attached hydrogens (tertiary/aromatic N) is 3. The lowest BCUT2D eigenvalue weighted by atomic mass is 9.68. The van der Waals surface area contributed by atoms with Gasteiger partial charge in [0.15, 0.2) is 17.1 Å². The molecule has 0 radical (unpaired) electrons. The van der Waals surface area contributed by atoms with Gasteiger partial charge < -0.3 is 0 Å². The normalized spacial score (nSPS) is 20.5. The molecule has 1 saturated carbocycles. The summed E-state index contributed by atoms with van der Waals surface area (Å²) in [6, 6.07) is 23.6. The van der Waals surface area contributed by atoms with Crippen molar-refractivity contribution in [3.63, 3.8) is 0 Å². The van der Waals surface area contributed by atoms with Crippen LogP contribution in [0.15, 0.2) is 72.8 Å². The molecule has 0 aromatic heterocycles. The SMILES string of the molecule is [C-]#[N+]c1ccccc1C1CC(c2ccccc2[N+]#[C-])CC(c2ccccc2[N+]#[C-])C1.